The standard InChI is InChI=1S/C21H24N2O3/c1-15(21(25)26)17-9-11-18(12-10-17)22-20(24)19-8-5-13-23(19)14-16-6-3-2-4-7-16/h2-4,6-7,9-12,15,19H,5,8,13-14H2,1H3,(H,22,24)(H,25,26). The van der Waals surface area contributed by atoms with Crippen molar-refractivity contribution in [1.82, 2.24) is 4.90 Å². The monoisotopic (exact) mass is 352 g/mol. The number of nitrogens with one attached hydrogen (secondary N) is 1. The van der Waals surface area contributed by atoms with E-state index in [0.717, 1.165) is 31.5 Å². The average molecular weight is 352 g/mol. The van der Waals surface area contributed by atoms with Crippen LogP contribution in [0.3, 0.4) is 0 Å². The highest BCUT2D eigenvalue weighted by Crippen LogP contribution is 2.23. The first-order chi connectivity index (χ1) is 12.5. The molecule has 0 spiro atoms. The molecule has 1 heterocycles. The number of carbonyl (C=O) groups is 2. The van der Waals surface area contributed by atoms with Gasteiger partial charge in [-0.25, -0.2) is 0 Å². The normalized spacial score (nSPS) is 18.4. The number of anilines is 1. The number of likely N-dealkylation sites (tertiary alicyclic amines) is 1. The lowest BCUT2D eigenvalue weighted by atomic mass is 10.0. The maximum absolute atomic E-state index is 12.7. The number of carboxylic acids is 1. The second-order valence-electron chi connectivity index (χ2n) is 6.79. The van der Waals surface area contributed by atoms with Crippen LogP contribution in [0, 0.1) is 0 Å². The largest absolute Gasteiger partial charge is 0.481 e. The molecule has 136 valence electrons. The molecule has 0 aromatic heterocycles. The van der Waals surface area contributed by atoms with E-state index in [1.54, 1.807) is 31.2 Å². The van der Waals surface area contributed by atoms with Crippen LogP contribution in [0.5, 0.6) is 0 Å². The van der Waals surface area contributed by atoms with Crippen molar-refractivity contribution in [2.45, 2.75) is 38.3 Å². The third kappa shape index (κ3) is 4.29. The van der Waals surface area contributed by atoms with Crippen LogP contribution < -0.4 is 5.32 Å². The van der Waals surface area contributed by atoms with Gasteiger partial charge in [0.15, 0.2) is 0 Å². The fourth-order valence-corrected chi connectivity index (χ4v) is 3.35. The van der Waals surface area contributed by atoms with Crippen molar-refractivity contribution in [3.05, 3.63) is 65.7 Å². The average Bonchev–Trinajstić information content (AvgIpc) is 3.11. The summed E-state index contributed by atoms with van der Waals surface area (Å²) in [6, 6.07) is 17.1. The minimum Gasteiger partial charge on any atom is -0.481 e. The van der Waals surface area contributed by atoms with Crippen LogP contribution in [0.2, 0.25) is 0 Å². The third-order valence-corrected chi connectivity index (χ3v) is 4.94. The molecule has 3 rings (SSSR count). The molecule has 26 heavy (non-hydrogen) atoms. The molecule has 0 aliphatic carbocycles. The van der Waals surface area contributed by atoms with Crippen LogP contribution in [0.4, 0.5) is 5.69 Å². The van der Waals surface area contributed by atoms with E-state index in [9.17, 15) is 9.59 Å². The Labute approximate surface area is 153 Å². The number of hydrogen-bond acceptors (Lipinski definition) is 3. The van der Waals surface area contributed by atoms with Gasteiger partial charge in [0.05, 0.1) is 12.0 Å². The molecular weight excluding hydrogens is 328 g/mol. The van der Waals surface area contributed by atoms with Gasteiger partial charge in [-0.15, -0.1) is 0 Å². The number of aliphatic carboxylic acids is 1. The predicted octanol–water partition coefficient (Wildman–Crippen LogP) is 3.48. The zero-order valence-corrected chi connectivity index (χ0v) is 14.9. The van der Waals surface area contributed by atoms with Gasteiger partial charge in [0, 0.05) is 12.2 Å². The summed E-state index contributed by atoms with van der Waals surface area (Å²) in [6.45, 7) is 3.34. The molecule has 1 aliphatic heterocycles. The van der Waals surface area contributed by atoms with Gasteiger partial charge in [0.25, 0.3) is 0 Å². The number of hydrogen-bond donors (Lipinski definition) is 2. The Hall–Kier alpha value is -2.66. The van der Waals surface area contributed by atoms with E-state index >= 15 is 0 Å². The summed E-state index contributed by atoms with van der Waals surface area (Å²) in [5, 5.41) is 12.0. The van der Waals surface area contributed by atoms with E-state index in [4.69, 9.17) is 5.11 Å². The highest BCUT2D eigenvalue weighted by Gasteiger charge is 2.30. The minimum absolute atomic E-state index is 0.00235. The molecule has 0 saturated carbocycles. The van der Waals surface area contributed by atoms with E-state index in [-0.39, 0.29) is 11.9 Å². The Kier molecular flexibility index (Phi) is 5.68. The Balaban J connectivity index is 1.62. The molecule has 0 radical (unpaired) electrons. The first kappa shape index (κ1) is 18.1. The highest BCUT2D eigenvalue weighted by molar-refractivity contribution is 5.95. The van der Waals surface area contributed by atoms with Gasteiger partial charge in [0.2, 0.25) is 5.91 Å². The molecule has 5 heteroatoms. The van der Waals surface area contributed by atoms with Crippen molar-refractivity contribution in [3.63, 3.8) is 0 Å². The fraction of sp³-hybridized carbons (Fsp3) is 0.333. The van der Waals surface area contributed by atoms with E-state index in [1.807, 2.05) is 18.2 Å². The van der Waals surface area contributed by atoms with Gasteiger partial charge >= 0.3 is 5.97 Å². The quantitative estimate of drug-likeness (QED) is 0.835. The molecule has 5 nitrogen and oxygen atoms in total. The summed E-state index contributed by atoms with van der Waals surface area (Å²) in [6.07, 6.45) is 1.87. The maximum Gasteiger partial charge on any atom is 0.310 e. The minimum atomic E-state index is -0.857. The van der Waals surface area contributed by atoms with Crippen LogP contribution in [0.1, 0.15) is 36.8 Å². The van der Waals surface area contributed by atoms with Gasteiger partial charge in [-0.3, -0.25) is 14.5 Å². The zero-order valence-electron chi connectivity index (χ0n) is 14.9. The van der Waals surface area contributed by atoms with Crippen molar-refractivity contribution >= 4 is 17.6 Å². The molecule has 2 aromatic carbocycles. The summed E-state index contributed by atoms with van der Waals surface area (Å²) in [7, 11) is 0. The lowest BCUT2D eigenvalue weighted by Crippen LogP contribution is -2.39. The van der Waals surface area contributed by atoms with Crippen LogP contribution in [0.25, 0.3) is 0 Å². The van der Waals surface area contributed by atoms with Crippen molar-refractivity contribution in [1.29, 1.82) is 0 Å². The zero-order chi connectivity index (χ0) is 18.5. The van der Waals surface area contributed by atoms with E-state index in [1.165, 1.54) is 5.56 Å². The molecule has 2 atom stereocenters. The van der Waals surface area contributed by atoms with Crippen molar-refractivity contribution in [3.8, 4) is 0 Å². The molecule has 0 bridgehead atoms. The Morgan fingerprint density at radius 1 is 1.15 bits per heavy atom. The Bertz CT molecular complexity index is 759. The molecule has 1 aliphatic rings. The number of carboxylic acid groups (broad SMARTS) is 1. The smallest absolute Gasteiger partial charge is 0.310 e. The first-order valence-corrected chi connectivity index (χ1v) is 8.96. The lowest BCUT2D eigenvalue weighted by Gasteiger charge is -2.23. The first-order valence-electron chi connectivity index (χ1n) is 8.96. The summed E-state index contributed by atoms with van der Waals surface area (Å²) in [5.41, 5.74) is 2.63. The number of nitrogens with zero attached hydrogens (tertiary/aromatic N) is 1. The van der Waals surface area contributed by atoms with Gasteiger partial charge in [-0.05, 0) is 49.6 Å². The highest BCUT2D eigenvalue weighted by atomic mass is 16.4. The molecule has 2 unspecified atom stereocenters. The molecule has 1 amide bonds. The van der Waals surface area contributed by atoms with Gasteiger partial charge < -0.3 is 10.4 Å². The molecule has 1 fully saturated rings. The summed E-state index contributed by atoms with van der Waals surface area (Å²) in [4.78, 5) is 26.0. The van der Waals surface area contributed by atoms with Gasteiger partial charge in [-0.2, -0.15) is 0 Å². The van der Waals surface area contributed by atoms with Crippen molar-refractivity contribution in [2.75, 3.05) is 11.9 Å². The molecule has 2 N–H and O–H groups in total. The molecule has 1 saturated heterocycles. The number of amides is 1. The van der Waals surface area contributed by atoms with E-state index in [2.05, 4.69) is 22.3 Å². The Morgan fingerprint density at radius 3 is 2.50 bits per heavy atom. The Morgan fingerprint density at radius 2 is 1.85 bits per heavy atom. The van der Waals surface area contributed by atoms with Crippen molar-refractivity contribution in [2.24, 2.45) is 0 Å². The van der Waals surface area contributed by atoms with Gasteiger partial charge in [0.1, 0.15) is 0 Å². The fourth-order valence-electron chi connectivity index (χ4n) is 3.35. The SMILES string of the molecule is CC(C(=O)O)c1ccc(NC(=O)C2CCCN2Cc2ccccc2)cc1. The molecular formula is C21H24N2O3. The van der Waals surface area contributed by atoms with Crippen LogP contribution in [0.15, 0.2) is 54.6 Å². The van der Waals surface area contributed by atoms with Crippen LogP contribution >= 0.6 is 0 Å². The number of carbonyl (C=O) groups excluding carboxylic acids is 1. The van der Waals surface area contributed by atoms with E-state index in [0.29, 0.717) is 5.69 Å². The number of rotatable bonds is 6. The topological polar surface area (TPSA) is 69.6 Å². The molecule has 2 aromatic rings. The van der Waals surface area contributed by atoms with Crippen molar-refractivity contribution < 1.29 is 14.7 Å². The summed E-state index contributed by atoms with van der Waals surface area (Å²) < 4.78 is 0. The number of benzene rings is 2. The second kappa shape index (κ2) is 8.15. The lowest BCUT2D eigenvalue weighted by molar-refractivity contribution is -0.138. The van der Waals surface area contributed by atoms with Crippen LogP contribution in [-0.2, 0) is 16.1 Å². The third-order valence-electron chi connectivity index (χ3n) is 4.94. The van der Waals surface area contributed by atoms with Gasteiger partial charge in [-0.1, -0.05) is 42.5 Å². The van der Waals surface area contributed by atoms with E-state index < -0.39 is 11.9 Å². The predicted molar refractivity (Wildman–Crippen MR) is 101 cm³/mol. The van der Waals surface area contributed by atoms with Crippen LogP contribution in [-0.4, -0.2) is 34.5 Å². The second-order valence-corrected chi connectivity index (χ2v) is 6.79. The summed E-state index contributed by atoms with van der Waals surface area (Å²) >= 11 is 0. The summed E-state index contributed by atoms with van der Waals surface area (Å²) in [5.74, 6) is -1.42. The maximum atomic E-state index is 12.7.